The third-order valence-electron chi connectivity index (χ3n) is 3.52. The van der Waals surface area contributed by atoms with Gasteiger partial charge in [0.2, 0.25) is 0 Å². The molecule has 19 heavy (non-hydrogen) atoms. The van der Waals surface area contributed by atoms with E-state index in [2.05, 4.69) is 15.1 Å². The second kappa shape index (κ2) is 4.73. The first kappa shape index (κ1) is 12.3. The van der Waals surface area contributed by atoms with Crippen molar-refractivity contribution in [3.8, 4) is 0 Å². The van der Waals surface area contributed by atoms with Crippen LogP contribution in [0.4, 0.5) is 4.39 Å². The highest BCUT2D eigenvalue weighted by Crippen LogP contribution is 2.43. The SMILES string of the molecule is BN=NC1=N[C@@]2(c3ccccc3F)CCO[C@H]2CO1. The van der Waals surface area contributed by atoms with E-state index < -0.39 is 5.54 Å². The predicted molar refractivity (Wildman–Crippen MR) is 69.2 cm³/mol. The highest BCUT2D eigenvalue weighted by molar-refractivity contribution is 6.05. The van der Waals surface area contributed by atoms with Crippen LogP contribution >= 0.6 is 0 Å². The number of benzene rings is 1. The van der Waals surface area contributed by atoms with Crippen molar-refractivity contribution in [1.82, 2.24) is 0 Å². The third kappa shape index (κ3) is 1.94. The molecule has 0 aromatic heterocycles. The van der Waals surface area contributed by atoms with E-state index in [1.54, 1.807) is 26.2 Å². The first-order valence-electron chi connectivity index (χ1n) is 6.15. The maximum Gasteiger partial charge on any atom is 0.330 e. The Morgan fingerprint density at radius 3 is 3.05 bits per heavy atom. The Balaban J connectivity index is 2.12. The monoisotopic (exact) mass is 261 g/mol. The van der Waals surface area contributed by atoms with Crippen LogP contribution in [0.2, 0.25) is 0 Å². The first-order chi connectivity index (χ1) is 9.26. The van der Waals surface area contributed by atoms with Gasteiger partial charge in [0.05, 0.1) is 6.61 Å². The van der Waals surface area contributed by atoms with E-state index in [-0.39, 0.29) is 17.9 Å². The van der Waals surface area contributed by atoms with Crippen molar-refractivity contribution in [2.45, 2.75) is 18.1 Å². The minimum absolute atomic E-state index is 0.188. The number of rotatable bonds is 1. The maximum absolute atomic E-state index is 14.1. The highest BCUT2D eigenvalue weighted by atomic mass is 19.1. The van der Waals surface area contributed by atoms with Crippen LogP contribution in [-0.2, 0) is 15.0 Å². The molecule has 0 aliphatic carbocycles. The molecular weight excluding hydrogens is 248 g/mol. The number of hydrogen-bond donors (Lipinski definition) is 0. The van der Waals surface area contributed by atoms with Crippen LogP contribution in [0.25, 0.3) is 0 Å². The van der Waals surface area contributed by atoms with Crippen molar-refractivity contribution in [2.75, 3.05) is 13.2 Å². The molecule has 0 radical (unpaired) electrons. The molecule has 0 spiro atoms. The summed E-state index contributed by atoms with van der Waals surface area (Å²) in [5, 5.41) is 7.47. The van der Waals surface area contributed by atoms with Crippen molar-refractivity contribution in [2.24, 2.45) is 15.1 Å². The molecule has 3 rings (SSSR count). The Bertz CT molecular complexity index is 552. The van der Waals surface area contributed by atoms with E-state index in [0.29, 0.717) is 25.2 Å². The zero-order chi connectivity index (χ0) is 13.3. The second-order valence-corrected chi connectivity index (χ2v) is 4.52. The smallest absolute Gasteiger partial charge is 0.330 e. The Labute approximate surface area is 111 Å². The van der Waals surface area contributed by atoms with Gasteiger partial charge < -0.3 is 9.47 Å². The average molecular weight is 261 g/mol. The zero-order valence-corrected chi connectivity index (χ0v) is 10.5. The van der Waals surface area contributed by atoms with Crippen LogP contribution in [0.3, 0.4) is 0 Å². The van der Waals surface area contributed by atoms with E-state index in [1.807, 2.05) is 0 Å². The van der Waals surface area contributed by atoms with Crippen LogP contribution in [-0.4, -0.2) is 33.3 Å². The van der Waals surface area contributed by atoms with Crippen LogP contribution in [0.15, 0.2) is 39.4 Å². The van der Waals surface area contributed by atoms with E-state index in [4.69, 9.17) is 9.47 Å². The molecule has 0 saturated carbocycles. The molecule has 1 aromatic rings. The number of amidine groups is 1. The highest BCUT2D eigenvalue weighted by Gasteiger charge is 2.50. The normalized spacial score (nSPS) is 29.9. The van der Waals surface area contributed by atoms with Crippen molar-refractivity contribution >= 4 is 14.0 Å². The Morgan fingerprint density at radius 1 is 1.42 bits per heavy atom. The lowest BCUT2D eigenvalue weighted by atomic mass is 9.83. The molecule has 2 aliphatic rings. The van der Waals surface area contributed by atoms with Crippen LogP contribution in [0.1, 0.15) is 12.0 Å². The minimum Gasteiger partial charge on any atom is -0.460 e. The molecule has 2 atom stereocenters. The van der Waals surface area contributed by atoms with Crippen molar-refractivity contribution in [3.05, 3.63) is 35.6 Å². The molecule has 2 aliphatic heterocycles. The van der Waals surface area contributed by atoms with E-state index in [9.17, 15) is 4.39 Å². The van der Waals surface area contributed by atoms with Crippen LogP contribution in [0, 0.1) is 5.82 Å². The van der Waals surface area contributed by atoms with Gasteiger partial charge in [-0.2, -0.15) is 0 Å². The quantitative estimate of drug-likeness (QED) is 0.563. The fraction of sp³-hybridized carbons (Fsp3) is 0.417. The Hall–Kier alpha value is -1.76. The lowest BCUT2D eigenvalue weighted by molar-refractivity contribution is 0.0207. The summed E-state index contributed by atoms with van der Waals surface area (Å²) in [7, 11) is 1.54. The fourth-order valence-electron chi connectivity index (χ4n) is 2.64. The first-order valence-corrected chi connectivity index (χ1v) is 6.15. The number of aliphatic imine (C=N–C) groups is 1. The predicted octanol–water partition coefficient (Wildman–Crippen LogP) is 1.20. The summed E-state index contributed by atoms with van der Waals surface area (Å²) >= 11 is 0. The van der Waals surface area contributed by atoms with Gasteiger partial charge >= 0.3 is 6.02 Å². The zero-order valence-electron chi connectivity index (χ0n) is 10.5. The number of nitrogens with zero attached hydrogens (tertiary/aromatic N) is 3. The number of fused-ring (bicyclic) bond motifs is 1. The number of hydrogen-bond acceptors (Lipinski definition) is 5. The van der Waals surface area contributed by atoms with E-state index in [1.165, 1.54) is 6.07 Å². The average Bonchev–Trinajstić information content (AvgIpc) is 2.83. The molecule has 0 bridgehead atoms. The molecule has 0 amide bonds. The molecule has 1 saturated heterocycles. The summed E-state index contributed by atoms with van der Waals surface area (Å²) in [5.74, 6) is -0.281. The molecular formula is C12H13BFN3O2. The summed E-state index contributed by atoms with van der Waals surface area (Å²) in [5.41, 5.74) is -0.211. The van der Waals surface area contributed by atoms with Gasteiger partial charge in [-0.05, 0) is 6.07 Å². The maximum atomic E-state index is 14.1. The second-order valence-electron chi connectivity index (χ2n) is 4.52. The van der Waals surface area contributed by atoms with Gasteiger partial charge in [0, 0.05) is 12.0 Å². The van der Waals surface area contributed by atoms with Gasteiger partial charge in [0.1, 0.15) is 24.1 Å². The van der Waals surface area contributed by atoms with Crippen molar-refractivity contribution in [1.29, 1.82) is 0 Å². The lowest BCUT2D eigenvalue weighted by Crippen LogP contribution is -2.42. The fourth-order valence-corrected chi connectivity index (χ4v) is 2.64. The largest absolute Gasteiger partial charge is 0.460 e. The van der Waals surface area contributed by atoms with Crippen LogP contribution < -0.4 is 0 Å². The molecule has 98 valence electrons. The summed E-state index contributed by atoms with van der Waals surface area (Å²) < 4.78 is 25.1. The Morgan fingerprint density at radius 2 is 2.26 bits per heavy atom. The summed E-state index contributed by atoms with van der Waals surface area (Å²) in [6.07, 6.45) is 0.338. The standard InChI is InChI=1S/C12H13BFN3O2/c13-17-16-11-15-12(5-6-18-10(12)7-19-11)8-3-1-2-4-9(8)14/h1-4,10H,5-7,13H2/t10-,12+/m0/s1. The van der Waals surface area contributed by atoms with Gasteiger partial charge in [-0.1, -0.05) is 18.2 Å². The van der Waals surface area contributed by atoms with Crippen molar-refractivity contribution in [3.63, 3.8) is 0 Å². The van der Waals surface area contributed by atoms with E-state index >= 15 is 0 Å². The number of halogens is 1. The lowest BCUT2D eigenvalue weighted by Gasteiger charge is -2.34. The molecule has 0 unspecified atom stereocenters. The molecule has 1 fully saturated rings. The van der Waals surface area contributed by atoms with Gasteiger partial charge in [0.25, 0.3) is 7.98 Å². The number of ether oxygens (including phenoxy) is 2. The van der Waals surface area contributed by atoms with Gasteiger partial charge in [-0.15, -0.1) is 5.11 Å². The summed E-state index contributed by atoms with van der Waals surface area (Å²) in [6.45, 7) is 0.842. The minimum atomic E-state index is -0.743. The molecule has 0 N–H and O–H groups in total. The van der Waals surface area contributed by atoms with E-state index in [0.717, 1.165) is 0 Å². The van der Waals surface area contributed by atoms with Crippen LogP contribution in [0.5, 0.6) is 0 Å². The molecule has 1 aromatic carbocycles. The van der Waals surface area contributed by atoms with Gasteiger partial charge in [0.15, 0.2) is 0 Å². The van der Waals surface area contributed by atoms with Gasteiger partial charge in [-0.25, -0.2) is 9.38 Å². The van der Waals surface area contributed by atoms with Crippen molar-refractivity contribution < 1.29 is 13.9 Å². The molecule has 7 heteroatoms. The topological polar surface area (TPSA) is 55.5 Å². The third-order valence-corrected chi connectivity index (χ3v) is 3.52. The molecule has 5 nitrogen and oxygen atoms in total. The van der Waals surface area contributed by atoms with Gasteiger partial charge in [-0.3, -0.25) is 5.03 Å². The Kier molecular flexibility index (Phi) is 3.06. The molecule has 2 heterocycles. The summed E-state index contributed by atoms with van der Waals surface area (Å²) in [4.78, 5) is 4.47. The summed E-state index contributed by atoms with van der Waals surface area (Å²) in [6, 6.07) is 6.83.